The summed E-state index contributed by atoms with van der Waals surface area (Å²) in [6, 6.07) is 3.97. The fourth-order valence-corrected chi connectivity index (χ4v) is 11.5. The van der Waals surface area contributed by atoms with Crippen molar-refractivity contribution in [3.05, 3.63) is 29.3 Å². The Hall–Kier alpha value is -1.29. The second-order valence-electron chi connectivity index (χ2n) is 15.0. The molecule has 0 N–H and O–H groups in total. The van der Waals surface area contributed by atoms with Gasteiger partial charge in [0.15, 0.2) is 0 Å². The highest BCUT2D eigenvalue weighted by Crippen LogP contribution is 2.67. The lowest BCUT2D eigenvalue weighted by atomic mass is 9.47. The lowest BCUT2D eigenvalue weighted by Crippen LogP contribution is -2.50. The molecule has 0 saturated heterocycles. The van der Waals surface area contributed by atoms with E-state index in [4.69, 9.17) is 14.2 Å². The van der Waals surface area contributed by atoms with Gasteiger partial charge in [0.05, 0.1) is 21.3 Å². The van der Waals surface area contributed by atoms with Gasteiger partial charge >= 0.3 is 0 Å². The fourth-order valence-electron chi connectivity index (χ4n) is 10.2. The Morgan fingerprint density at radius 2 is 1.61 bits per heavy atom. The number of rotatable bonds is 11. The number of benzene rings is 1. The van der Waals surface area contributed by atoms with E-state index in [-0.39, 0.29) is 0 Å². The zero-order valence-electron chi connectivity index (χ0n) is 27.4. The first kappa shape index (κ1) is 31.1. The van der Waals surface area contributed by atoms with Gasteiger partial charge in [0.1, 0.15) is 17.2 Å². The minimum absolute atomic E-state index is 0.414. The van der Waals surface area contributed by atoms with Gasteiger partial charge in [0.25, 0.3) is 0 Å². The van der Waals surface area contributed by atoms with Gasteiger partial charge in [-0.1, -0.05) is 65.5 Å². The SMILES string of the molecule is COc1cc(OC)c(CS[C@H]2CC[C@@]3(C)C(=CC[C@H]4[C@@H]5CC[C@H]([C@H](C)CCCC(C)C)[C@@]5(C)CC[C@@H]43)C2)c(OC)c1. The van der Waals surface area contributed by atoms with E-state index in [0.29, 0.717) is 16.1 Å². The average Bonchev–Trinajstić information content (AvgIpc) is 3.32. The van der Waals surface area contributed by atoms with Crippen molar-refractivity contribution in [1.82, 2.24) is 0 Å². The standard InChI is InChI=1S/C37H58O3S/c1-24(2)10-9-11-25(3)31-14-15-32-29-13-12-26-20-28(16-18-36(26,4)33(29)17-19-37(31,32)5)41-23-30-34(39-7)21-27(38-6)22-35(30)40-8/h12,21-22,24-25,28-29,31-33H,9-11,13-20,23H2,1-8H3/t25-,28+,29+,31-,32+,33+,36+,37-/m1/s1. The van der Waals surface area contributed by atoms with Crippen molar-refractivity contribution < 1.29 is 14.2 Å². The summed E-state index contributed by atoms with van der Waals surface area (Å²) in [5, 5.41) is 0.666. The predicted molar refractivity (Wildman–Crippen MR) is 174 cm³/mol. The fraction of sp³-hybridized carbons (Fsp3) is 0.784. The summed E-state index contributed by atoms with van der Waals surface area (Å²) >= 11 is 2.09. The minimum atomic E-state index is 0.414. The van der Waals surface area contributed by atoms with Crippen molar-refractivity contribution in [2.24, 2.45) is 46.3 Å². The van der Waals surface area contributed by atoms with Crippen LogP contribution in [0.1, 0.15) is 111 Å². The molecular formula is C37H58O3S. The van der Waals surface area contributed by atoms with Crippen molar-refractivity contribution in [3.8, 4) is 17.2 Å². The zero-order chi connectivity index (χ0) is 29.4. The van der Waals surface area contributed by atoms with Gasteiger partial charge in [0, 0.05) is 28.7 Å². The maximum absolute atomic E-state index is 5.74. The van der Waals surface area contributed by atoms with Gasteiger partial charge in [0.2, 0.25) is 0 Å². The summed E-state index contributed by atoms with van der Waals surface area (Å²) in [6.45, 7) is 12.7. The molecule has 5 rings (SSSR count). The van der Waals surface area contributed by atoms with Crippen LogP contribution in [0.2, 0.25) is 0 Å². The highest BCUT2D eigenvalue weighted by atomic mass is 32.2. The number of allylic oxidation sites excluding steroid dienone is 2. The molecule has 0 radical (unpaired) electrons. The predicted octanol–water partition coefficient (Wildman–Crippen LogP) is 10.4. The van der Waals surface area contributed by atoms with Crippen molar-refractivity contribution in [2.45, 2.75) is 116 Å². The monoisotopic (exact) mass is 582 g/mol. The molecule has 3 saturated carbocycles. The van der Waals surface area contributed by atoms with Crippen LogP contribution < -0.4 is 14.2 Å². The normalized spacial score (nSPS) is 35.2. The Morgan fingerprint density at radius 3 is 2.27 bits per heavy atom. The molecule has 4 aliphatic rings. The second kappa shape index (κ2) is 12.7. The van der Waals surface area contributed by atoms with Gasteiger partial charge in [-0.15, -0.1) is 0 Å². The Kier molecular flexibility index (Phi) is 9.68. The molecule has 230 valence electrons. The van der Waals surface area contributed by atoms with E-state index in [2.05, 4.69) is 52.5 Å². The Labute approximate surface area is 255 Å². The van der Waals surface area contributed by atoms with Crippen LogP contribution in [0.3, 0.4) is 0 Å². The molecule has 8 atom stereocenters. The third-order valence-corrected chi connectivity index (χ3v) is 13.9. The van der Waals surface area contributed by atoms with Crippen molar-refractivity contribution >= 4 is 11.8 Å². The molecule has 3 fully saturated rings. The summed E-state index contributed by atoms with van der Waals surface area (Å²) < 4.78 is 16.9. The molecule has 4 aliphatic carbocycles. The number of fused-ring (bicyclic) bond motifs is 5. The first-order valence-corrected chi connectivity index (χ1v) is 17.8. The number of hydrogen-bond acceptors (Lipinski definition) is 4. The lowest BCUT2D eigenvalue weighted by Gasteiger charge is -2.58. The number of methoxy groups -OCH3 is 3. The van der Waals surface area contributed by atoms with Crippen molar-refractivity contribution in [2.75, 3.05) is 21.3 Å². The van der Waals surface area contributed by atoms with Crippen LogP contribution in [0.25, 0.3) is 0 Å². The van der Waals surface area contributed by atoms with E-state index in [1.54, 1.807) is 26.9 Å². The highest BCUT2D eigenvalue weighted by molar-refractivity contribution is 7.99. The molecule has 0 heterocycles. The van der Waals surface area contributed by atoms with E-state index >= 15 is 0 Å². The molecule has 0 amide bonds. The average molecular weight is 583 g/mol. The molecule has 0 spiro atoms. The number of hydrogen-bond donors (Lipinski definition) is 0. The summed E-state index contributed by atoms with van der Waals surface area (Å²) in [4.78, 5) is 0. The van der Waals surface area contributed by atoms with Crippen LogP contribution in [-0.2, 0) is 5.75 Å². The summed E-state index contributed by atoms with van der Waals surface area (Å²) in [5.41, 5.74) is 3.92. The quantitative estimate of drug-likeness (QED) is 0.243. The van der Waals surface area contributed by atoms with Crippen LogP contribution in [0, 0.1) is 46.3 Å². The van der Waals surface area contributed by atoms with Gasteiger partial charge in [-0.2, -0.15) is 11.8 Å². The van der Waals surface area contributed by atoms with E-state index in [1.165, 1.54) is 70.6 Å². The number of ether oxygens (including phenoxy) is 3. The van der Waals surface area contributed by atoms with E-state index in [9.17, 15) is 0 Å². The van der Waals surface area contributed by atoms with Crippen LogP contribution in [0.15, 0.2) is 23.8 Å². The van der Waals surface area contributed by atoms with E-state index in [1.807, 2.05) is 12.1 Å². The largest absolute Gasteiger partial charge is 0.496 e. The van der Waals surface area contributed by atoms with E-state index < -0.39 is 0 Å². The van der Waals surface area contributed by atoms with Crippen LogP contribution in [0.5, 0.6) is 17.2 Å². The third kappa shape index (κ3) is 5.94. The van der Waals surface area contributed by atoms with Gasteiger partial charge in [-0.3, -0.25) is 0 Å². The molecule has 0 bridgehead atoms. The molecule has 0 aromatic heterocycles. The van der Waals surface area contributed by atoms with Crippen LogP contribution >= 0.6 is 11.8 Å². The second-order valence-corrected chi connectivity index (χ2v) is 16.3. The first-order chi connectivity index (χ1) is 19.6. The topological polar surface area (TPSA) is 27.7 Å². The van der Waals surface area contributed by atoms with Crippen LogP contribution in [-0.4, -0.2) is 26.6 Å². The van der Waals surface area contributed by atoms with Crippen molar-refractivity contribution in [1.29, 1.82) is 0 Å². The summed E-state index contributed by atoms with van der Waals surface area (Å²) in [6.07, 6.45) is 18.2. The minimum Gasteiger partial charge on any atom is -0.496 e. The Bertz CT molecular complexity index is 1050. The molecular weight excluding hydrogens is 524 g/mol. The molecule has 0 aliphatic heterocycles. The molecule has 1 aromatic rings. The van der Waals surface area contributed by atoms with E-state index in [0.717, 1.165) is 64.1 Å². The maximum Gasteiger partial charge on any atom is 0.130 e. The third-order valence-electron chi connectivity index (χ3n) is 12.5. The van der Waals surface area contributed by atoms with Crippen molar-refractivity contribution in [3.63, 3.8) is 0 Å². The maximum atomic E-state index is 5.74. The van der Waals surface area contributed by atoms with Gasteiger partial charge in [-0.25, -0.2) is 0 Å². The summed E-state index contributed by atoms with van der Waals surface area (Å²) in [7, 11) is 5.18. The molecule has 4 heteroatoms. The smallest absolute Gasteiger partial charge is 0.130 e. The molecule has 3 nitrogen and oxygen atoms in total. The molecule has 0 unspecified atom stereocenters. The Balaban J connectivity index is 1.25. The van der Waals surface area contributed by atoms with Crippen LogP contribution in [0.4, 0.5) is 0 Å². The summed E-state index contributed by atoms with van der Waals surface area (Å²) in [5.74, 6) is 8.83. The van der Waals surface area contributed by atoms with Gasteiger partial charge < -0.3 is 14.2 Å². The Morgan fingerprint density at radius 1 is 0.878 bits per heavy atom. The molecule has 41 heavy (non-hydrogen) atoms. The first-order valence-electron chi connectivity index (χ1n) is 16.7. The zero-order valence-corrected chi connectivity index (χ0v) is 28.2. The lowest BCUT2D eigenvalue weighted by molar-refractivity contribution is -0.0497. The highest BCUT2D eigenvalue weighted by Gasteiger charge is 2.59. The molecule has 1 aromatic carbocycles. The number of thioether (sulfide) groups is 1. The van der Waals surface area contributed by atoms with Gasteiger partial charge in [-0.05, 0) is 97.7 Å².